The van der Waals surface area contributed by atoms with Gasteiger partial charge in [-0.3, -0.25) is 9.69 Å². The number of aliphatic hydroxyl groups is 1. The van der Waals surface area contributed by atoms with E-state index in [4.69, 9.17) is 4.74 Å². The number of carbonyl (C=O) groups excluding carboxylic acids is 1. The molecule has 0 saturated heterocycles. The maximum Gasteiger partial charge on any atom is 0.234 e. The highest BCUT2D eigenvalue weighted by Gasteiger charge is 2.28. The number of rotatable bonds is 7. The molecule has 0 heterocycles. The number of hydrogen-bond acceptors (Lipinski definition) is 4. The first-order valence-corrected chi connectivity index (χ1v) is 7.33. The third kappa shape index (κ3) is 4.72. The lowest BCUT2D eigenvalue weighted by Gasteiger charge is -2.34. The zero-order valence-electron chi connectivity index (χ0n) is 12.7. The van der Waals surface area contributed by atoms with Crippen LogP contribution in [0.15, 0.2) is 24.3 Å². The van der Waals surface area contributed by atoms with Gasteiger partial charge in [-0.2, -0.15) is 0 Å². The van der Waals surface area contributed by atoms with Gasteiger partial charge >= 0.3 is 0 Å². The summed E-state index contributed by atoms with van der Waals surface area (Å²) in [6.07, 6.45) is 1.57. The Morgan fingerprint density at radius 1 is 1.43 bits per heavy atom. The number of aliphatic hydroxyl groups excluding tert-OH is 1. The number of nitrogens with zero attached hydrogens (tertiary/aromatic N) is 1. The molecule has 2 rings (SSSR count). The van der Waals surface area contributed by atoms with Crippen molar-refractivity contribution in [2.75, 3.05) is 27.2 Å². The third-order valence-corrected chi connectivity index (χ3v) is 3.86. The average Bonchev–Trinajstić information content (AvgIpc) is 2.43. The lowest BCUT2D eigenvalue weighted by molar-refractivity contribution is -0.122. The van der Waals surface area contributed by atoms with Crippen LogP contribution in [0, 0.1) is 5.92 Å². The number of ether oxygens (including phenoxy) is 1. The van der Waals surface area contributed by atoms with Gasteiger partial charge in [0.05, 0.1) is 19.8 Å². The molecule has 5 heteroatoms. The summed E-state index contributed by atoms with van der Waals surface area (Å²) in [5, 5.41) is 12.2. The first kappa shape index (κ1) is 15.8. The van der Waals surface area contributed by atoms with Crippen LogP contribution in [-0.4, -0.2) is 49.3 Å². The van der Waals surface area contributed by atoms with Crippen molar-refractivity contribution in [3.8, 4) is 5.75 Å². The molecule has 5 nitrogen and oxygen atoms in total. The summed E-state index contributed by atoms with van der Waals surface area (Å²) in [5.74, 6) is 1.31. The van der Waals surface area contributed by atoms with Gasteiger partial charge in [-0.15, -0.1) is 0 Å². The molecular formula is C16H24N2O3. The molecule has 0 radical (unpaired) electrons. The molecule has 1 aliphatic rings. The minimum Gasteiger partial charge on any atom is -0.496 e. The van der Waals surface area contributed by atoms with Crippen LogP contribution in [0.2, 0.25) is 0 Å². The van der Waals surface area contributed by atoms with E-state index in [0.717, 1.165) is 30.7 Å². The van der Waals surface area contributed by atoms with E-state index in [0.29, 0.717) is 19.0 Å². The van der Waals surface area contributed by atoms with Gasteiger partial charge in [0.25, 0.3) is 0 Å². The van der Waals surface area contributed by atoms with Crippen molar-refractivity contribution < 1.29 is 14.6 Å². The molecule has 0 unspecified atom stereocenters. The minimum absolute atomic E-state index is 0.00304. The van der Waals surface area contributed by atoms with Crippen molar-refractivity contribution >= 4 is 5.91 Å². The standard InChI is InChI=1S/C16H24N2O3/c1-18(10-12-7-14(19)8-12)11-16(20)17-9-13-5-3-4-6-15(13)21-2/h3-6,12,14,19H,7-11H2,1-2H3,(H,17,20). The number of benzene rings is 1. The highest BCUT2D eigenvalue weighted by atomic mass is 16.5. The van der Waals surface area contributed by atoms with E-state index in [-0.39, 0.29) is 12.0 Å². The number of nitrogens with one attached hydrogen (secondary N) is 1. The van der Waals surface area contributed by atoms with Crippen molar-refractivity contribution in [2.24, 2.45) is 5.92 Å². The molecule has 1 aromatic carbocycles. The molecule has 1 aliphatic carbocycles. The van der Waals surface area contributed by atoms with Gasteiger partial charge < -0.3 is 15.2 Å². The van der Waals surface area contributed by atoms with Gasteiger partial charge in [-0.25, -0.2) is 0 Å². The Hall–Kier alpha value is -1.59. The third-order valence-electron chi connectivity index (χ3n) is 3.86. The van der Waals surface area contributed by atoms with E-state index in [9.17, 15) is 9.90 Å². The summed E-state index contributed by atoms with van der Waals surface area (Å²) in [5.41, 5.74) is 0.970. The lowest BCUT2D eigenvalue weighted by Crippen LogP contribution is -2.41. The van der Waals surface area contributed by atoms with E-state index < -0.39 is 0 Å². The maximum absolute atomic E-state index is 11.9. The maximum atomic E-state index is 11.9. The molecule has 1 amide bonds. The van der Waals surface area contributed by atoms with Crippen LogP contribution in [0.3, 0.4) is 0 Å². The van der Waals surface area contributed by atoms with Crippen LogP contribution in [0.5, 0.6) is 5.75 Å². The number of para-hydroxylation sites is 1. The lowest BCUT2D eigenvalue weighted by atomic mass is 9.82. The fraction of sp³-hybridized carbons (Fsp3) is 0.562. The molecule has 2 N–H and O–H groups in total. The second-order valence-corrected chi connectivity index (χ2v) is 5.78. The largest absolute Gasteiger partial charge is 0.496 e. The molecule has 0 spiro atoms. The zero-order chi connectivity index (χ0) is 15.2. The second kappa shape index (κ2) is 7.43. The van der Waals surface area contributed by atoms with Gasteiger partial charge in [0, 0.05) is 18.7 Å². The van der Waals surface area contributed by atoms with Gasteiger partial charge in [-0.05, 0) is 31.9 Å². The van der Waals surface area contributed by atoms with Gasteiger partial charge in [0.1, 0.15) is 5.75 Å². The summed E-state index contributed by atoms with van der Waals surface area (Å²) in [4.78, 5) is 13.9. The van der Waals surface area contributed by atoms with Gasteiger partial charge in [-0.1, -0.05) is 18.2 Å². The predicted molar refractivity (Wildman–Crippen MR) is 81.1 cm³/mol. The molecule has 1 saturated carbocycles. The Kier molecular flexibility index (Phi) is 5.59. The molecule has 0 atom stereocenters. The fourth-order valence-electron chi connectivity index (χ4n) is 2.70. The van der Waals surface area contributed by atoms with Crippen LogP contribution < -0.4 is 10.1 Å². The van der Waals surface area contributed by atoms with Crippen LogP contribution >= 0.6 is 0 Å². The normalized spacial score (nSPS) is 21.0. The number of carbonyl (C=O) groups is 1. The number of amides is 1. The van der Waals surface area contributed by atoms with E-state index >= 15 is 0 Å². The van der Waals surface area contributed by atoms with E-state index in [1.807, 2.05) is 36.2 Å². The summed E-state index contributed by atoms with van der Waals surface area (Å²) in [7, 11) is 3.56. The Labute approximate surface area is 125 Å². The van der Waals surface area contributed by atoms with E-state index in [2.05, 4.69) is 5.32 Å². The van der Waals surface area contributed by atoms with Gasteiger partial charge in [0.15, 0.2) is 0 Å². The fourth-order valence-corrected chi connectivity index (χ4v) is 2.70. The van der Waals surface area contributed by atoms with E-state index in [1.54, 1.807) is 7.11 Å². The Balaban J connectivity index is 1.71. The van der Waals surface area contributed by atoms with Crippen molar-refractivity contribution in [3.63, 3.8) is 0 Å². The van der Waals surface area contributed by atoms with Gasteiger partial charge in [0.2, 0.25) is 5.91 Å². The predicted octanol–water partition coefficient (Wildman–Crippen LogP) is 1.01. The quantitative estimate of drug-likeness (QED) is 0.787. The van der Waals surface area contributed by atoms with Crippen LogP contribution in [-0.2, 0) is 11.3 Å². The number of hydrogen-bond donors (Lipinski definition) is 2. The number of likely N-dealkylation sites (N-methyl/N-ethyl adjacent to an activating group) is 1. The van der Waals surface area contributed by atoms with E-state index in [1.165, 1.54) is 0 Å². The molecule has 1 fully saturated rings. The Morgan fingerprint density at radius 2 is 2.14 bits per heavy atom. The molecule has 0 aromatic heterocycles. The topological polar surface area (TPSA) is 61.8 Å². The van der Waals surface area contributed by atoms with Crippen molar-refractivity contribution in [2.45, 2.75) is 25.5 Å². The first-order chi connectivity index (χ1) is 10.1. The molecule has 0 aliphatic heterocycles. The molecule has 0 bridgehead atoms. The Bertz CT molecular complexity index is 472. The Morgan fingerprint density at radius 3 is 2.81 bits per heavy atom. The summed E-state index contributed by atoms with van der Waals surface area (Å²) >= 11 is 0. The SMILES string of the molecule is COc1ccccc1CNC(=O)CN(C)CC1CC(O)C1. The average molecular weight is 292 g/mol. The summed E-state index contributed by atoms with van der Waals surface area (Å²) < 4.78 is 5.26. The summed E-state index contributed by atoms with van der Waals surface area (Å²) in [6, 6.07) is 7.66. The monoisotopic (exact) mass is 292 g/mol. The van der Waals surface area contributed by atoms with Crippen LogP contribution in [0.25, 0.3) is 0 Å². The second-order valence-electron chi connectivity index (χ2n) is 5.78. The number of methoxy groups -OCH3 is 1. The van der Waals surface area contributed by atoms with Crippen LogP contribution in [0.4, 0.5) is 0 Å². The first-order valence-electron chi connectivity index (χ1n) is 7.33. The minimum atomic E-state index is -0.136. The van der Waals surface area contributed by atoms with Crippen molar-refractivity contribution in [3.05, 3.63) is 29.8 Å². The smallest absolute Gasteiger partial charge is 0.234 e. The van der Waals surface area contributed by atoms with Crippen LogP contribution in [0.1, 0.15) is 18.4 Å². The molecule has 1 aromatic rings. The zero-order valence-corrected chi connectivity index (χ0v) is 12.7. The highest BCUT2D eigenvalue weighted by Crippen LogP contribution is 2.27. The molecule has 21 heavy (non-hydrogen) atoms. The summed E-state index contributed by atoms with van der Waals surface area (Å²) in [6.45, 7) is 1.71. The highest BCUT2D eigenvalue weighted by molar-refractivity contribution is 5.78. The van der Waals surface area contributed by atoms with Crippen molar-refractivity contribution in [1.82, 2.24) is 10.2 Å². The molecule has 116 valence electrons. The van der Waals surface area contributed by atoms with Crippen molar-refractivity contribution in [1.29, 1.82) is 0 Å². The molecular weight excluding hydrogens is 268 g/mol.